The summed E-state index contributed by atoms with van der Waals surface area (Å²) in [6.07, 6.45) is 0.627. The van der Waals surface area contributed by atoms with Crippen molar-refractivity contribution < 1.29 is 14.3 Å². The molecular weight excluding hydrogens is 428 g/mol. The minimum atomic E-state index is -0.792. The fraction of sp³-hybridized carbons (Fsp3) is 0.185. The first kappa shape index (κ1) is 21.6. The summed E-state index contributed by atoms with van der Waals surface area (Å²) in [4.78, 5) is 19.1. The zero-order chi connectivity index (χ0) is 23.8. The summed E-state index contributed by atoms with van der Waals surface area (Å²) in [6, 6.07) is 17.9. The van der Waals surface area contributed by atoms with Gasteiger partial charge in [-0.1, -0.05) is 29.8 Å². The van der Waals surface area contributed by atoms with Crippen molar-refractivity contribution >= 4 is 17.0 Å². The van der Waals surface area contributed by atoms with E-state index in [1.807, 2.05) is 75.4 Å². The van der Waals surface area contributed by atoms with Crippen LogP contribution in [0.5, 0.6) is 0 Å². The number of carboxylic acids is 1. The summed E-state index contributed by atoms with van der Waals surface area (Å²) in [7, 11) is 0. The van der Waals surface area contributed by atoms with Gasteiger partial charge in [-0.3, -0.25) is 4.79 Å². The summed E-state index contributed by atoms with van der Waals surface area (Å²) >= 11 is 0. The number of hydrogen-bond donors (Lipinski definition) is 2. The molecule has 0 atom stereocenters. The number of nitrogens with zero attached hydrogens (tertiary/aromatic N) is 3. The topological polar surface area (TPSA) is 105 Å². The van der Waals surface area contributed by atoms with Crippen molar-refractivity contribution in [2.45, 2.75) is 33.6 Å². The van der Waals surface area contributed by atoms with Crippen LogP contribution in [0.4, 0.5) is 0 Å². The predicted molar refractivity (Wildman–Crippen MR) is 130 cm³/mol. The van der Waals surface area contributed by atoms with E-state index in [4.69, 9.17) is 14.5 Å². The highest BCUT2D eigenvalue weighted by atomic mass is 16.4. The molecule has 2 heterocycles. The fourth-order valence-corrected chi connectivity index (χ4v) is 4.24. The molecular formula is C27H24N4O3. The second-order valence-corrected chi connectivity index (χ2v) is 8.59. The number of rotatable bonds is 6. The van der Waals surface area contributed by atoms with Gasteiger partial charge in [0.15, 0.2) is 0 Å². The number of hydrogen-bond acceptors (Lipinski definition) is 5. The van der Waals surface area contributed by atoms with Gasteiger partial charge in [0.2, 0.25) is 11.8 Å². The zero-order valence-electron chi connectivity index (χ0n) is 19.2. The quantitative estimate of drug-likeness (QED) is 0.333. The molecule has 7 heteroatoms. The van der Waals surface area contributed by atoms with Gasteiger partial charge in [0.05, 0.1) is 11.0 Å². The van der Waals surface area contributed by atoms with Gasteiger partial charge in [0.25, 0.3) is 0 Å². The van der Waals surface area contributed by atoms with Crippen LogP contribution in [-0.2, 0) is 11.2 Å². The van der Waals surface area contributed by atoms with Crippen molar-refractivity contribution in [2.24, 2.45) is 0 Å². The van der Waals surface area contributed by atoms with Gasteiger partial charge >= 0.3 is 5.97 Å². The molecule has 0 spiro atoms. The van der Waals surface area contributed by atoms with Crippen molar-refractivity contribution in [3.8, 4) is 34.3 Å². The van der Waals surface area contributed by atoms with Crippen LogP contribution in [0, 0.1) is 20.8 Å². The minimum Gasteiger partial charge on any atom is -0.481 e. The highest BCUT2D eigenvalue weighted by molar-refractivity contribution is 5.84. The molecule has 0 saturated heterocycles. The SMILES string of the molecule is Cc1ccc(-c2nnc(-c3ccc4nc(-c5c(C)cc(CCC(=O)O)cc5C)[nH]c4c3)o2)cc1. The third-order valence-corrected chi connectivity index (χ3v) is 5.91. The summed E-state index contributed by atoms with van der Waals surface area (Å²) in [5.41, 5.74) is 8.72. The van der Waals surface area contributed by atoms with Gasteiger partial charge in [-0.2, -0.15) is 0 Å². The summed E-state index contributed by atoms with van der Waals surface area (Å²) in [5.74, 6) is 0.913. The van der Waals surface area contributed by atoms with Crippen molar-refractivity contribution in [3.05, 3.63) is 76.9 Å². The van der Waals surface area contributed by atoms with Crippen molar-refractivity contribution in [3.63, 3.8) is 0 Å². The van der Waals surface area contributed by atoms with Crippen LogP contribution < -0.4 is 0 Å². The lowest BCUT2D eigenvalue weighted by Crippen LogP contribution is -1.99. The van der Waals surface area contributed by atoms with Gasteiger partial charge in [-0.25, -0.2) is 4.98 Å². The second-order valence-electron chi connectivity index (χ2n) is 8.59. The van der Waals surface area contributed by atoms with Crippen molar-refractivity contribution in [1.29, 1.82) is 0 Å². The molecule has 2 N–H and O–H groups in total. The summed E-state index contributed by atoms with van der Waals surface area (Å²) in [5, 5.41) is 17.4. The van der Waals surface area contributed by atoms with E-state index in [-0.39, 0.29) is 6.42 Å². The van der Waals surface area contributed by atoms with Crippen LogP contribution in [-0.4, -0.2) is 31.2 Å². The summed E-state index contributed by atoms with van der Waals surface area (Å²) in [6.45, 7) is 6.08. The third-order valence-electron chi connectivity index (χ3n) is 5.91. The Bertz CT molecular complexity index is 1490. The Morgan fingerprint density at radius 1 is 0.912 bits per heavy atom. The molecule has 0 saturated carbocycles. The van der Waals surface area contributed by atoms with E-state index in [1.165, 1.54) is 5.56 Å². The first-order valence-corrected chi connectivity index (χ1v) is 11.1. The van der Waals surface area contributed by atoms with E-state index in [0.29, 0.717) is 18.2 Å². The molecule has 0 aliphatic heterocycles. The Kier molecular flexibility index (Phi) is 5.45. The third kappa shape index (κ3) is 4.20. The van der Waals surface area contributed by atoms with Crippen LogP contribution >= 0.6 is 0 Å². The molecule has 0 radical (unpaired) electrons. The first-order valence-electron chi connectivity index (χ1n) is 11.1. The number of aromatic amines is 1. The highest BCUT2D eigenvalue weighted by Gasteiger charge is 2.15. The highest BCUT2D eigenvalue weighted by Crippen LogP contribution is 2.31. The molecule has 34 heavy (non-hydrogen) atoms. The number of aryl methyl sites for hydroxylation is 4. The lowest BCUT2D eigenvalue weighted by molar-refractivity contribution is -0.136. The minimum absolute atomic E-state index is 0.118. The molecule has 5 aromatic rings. The van der Waals surface area contributed by atoms with Crippen LogP contribution in [0.1, 0.15) is 28.7 Å². The molecule has 2 aromatic heterocycles. The normalized spacial score (nSPS) is 11.3. The largest absolute Gasteiger partial charge is 0.481 e. The molecule has 0 amide bonds. The van der Waals surface area contributed by atoms with Gasteiger partial charge in [0.1, 0.15) is 5.82 Å². The monoisotopic (exact) mass is 452 g/mol. The number of aromatic nitrogens is 4. The van der Waals surface area contributed by atoms with E-state index >= 15 is 0 Å². The number of fused-ring (bicyclic) bond motifs is 1. The van der Waals surface area contributed by atoms with Gasteiger partial charge in [-0.05, 0) is 74.2 Å². The lowest BCUT2D eigenvalue weighted by atomic mass is 9.97. The van der Waals surface area contributed by atoms with Gasteiger partial charge in [0, 0.05) is 23.1 Å². The van der Waals surface area contributed by atoms with Crippen molar-refractivity contribution in [2.75, 3.05) is 0 Å². The number of carbonyl (C=O) groups is 1. The Balaban J connectivity index is 1.46. The van der Waals surface area contributed by atoms with Crippen molar-refractivity contribution in [1.82, 2.24) is 20.2 Å². The number of nitrogens with one attached hydrogen (secondary N) is 1. The summed E-state index contributed by atoms with van der Waals surface area (Å²) < 4.78 is 5.93. The van der Waals surface area contributed by atoms with Crippen LogP contribution in [0.2, 0.25) is 0 Å². The predicted octanol–water partition coefficient (Wildman–Crippen LogP) is 5.89. The Labute approximate surface area is 196 Å². The van der Waals surface area contributed by atoms with E-state index in [2.05, 4.69) is 15.2 Å². The molecule has 0 bridgehead atoms. The molecule has 0 aliphatic rings. The number of benzene rings is 3. The van der Waals surface area contributed by atoms with Gasteiger partial charge in [-0.15, -0.1) is 10.2 Å². The maximum atomic E-state index is 10.9. The molecule has 5 rings (SSSR count). The van der Waals surface area contributed by atoms with Crippen LogP contribution in [0.15, 0.2) is 59.0 Å². The Morgan fingerprint density at radius 3 is 2.24 bits per heavy atom. The fourth-order valence-electron chi connectivity index (χ4n) is 4.24. The maximum Gasteiger partial charge on any atom is 0.303 e. The Hall–Kier alpha value is -4.26. The second kappa shape index (κ2) is 8.59. The van der Waals surface area contributed by atoms with E-state index in [1.54, 1.807) is 0 Å². The van der Waals surface area contributed by atoms with Gasteiger partial charge < -0.3 is 14.5 Å². The molecule has 0 fully saturated rings. The average Bonchev–Trinajstić information content (AvgIpc) is 3.44. The molecule has 3 aromatic carbocycles. The Morgan fingerprint density at radius 2 is 1.56 bits per heavy atom. The van der Waals surface area contributed by atoms with Crippen LogP contribution in [0.3, 0.4) is 0 Å². The van der Waals surface area contributed by atoms with E-state index < -0.39 is 5.97 Å². The average molecular weight is 453 g/mol. The van der Waals surface area contributed by atoms with Crippen LogP contribution in [0.25, 0.3) is 45.3 Å². The number of carboxylic acid groups (broad SMARTS) is 1. The number of aliphatic carboxylic acids is 1. The number of imidazole rings is 1. The maximum absolute atomic E-state index is 10.9. The zero-order valence-corrected chi connectivity index (χ0v) is 19.2. The van der Waals surface area contributed by atoms with E-state index in [9.17, 15) is 4.79 Å². The smallest absolute Gasteiger partial charge is 0.303 e. The molecule has 7 nitrogen and oxygen atoms in total. The first-order chi connectivity index (χ1) is 16.4. The number of H-pyrrole nitrogens is 1. The molecule has 170 valence electrons. The lowest BCUT2D eigenvalue weighted by Gasteiger charge is -2.10. The van der Waals surface area contributed by atoms with E-state index in [0.717, 1.165) is 50.2 Å². The molecule has 0 unspecified atom stereocenters. The standard InChI is InChI=1S/C27H24N4O3/c1-15-4-7-19(8-5-15)26-30-31-27(34-26)20-9-10-21-22(14-20)29-25(28-21)24-16(2)12-18(13-17(24)3)6-11-23(32)33/h4-5,7-10,12-14H,6,11H2,1-3H3,(H,28,29)(H,32,33). The molecule has 0 aliphatic carbocycles.